The van der Waals surface area contributed by atoms with Gasteiger partial charge in [-0.05, 0) is 62.7 Å². The molecule has 0 saturated heterocycles. The first-order valence-corrected chi connectivity index (χ1v) is 13.0. The quantitative estimate of drug-likeness (QED) is 0.500. The Morgan fingerprint density at radius 3 is 2.09 bits per heavy atom. The zero-order chi connectivity index (χ0) is 24.8. The minimum absolute atomic E-state index is 0.101. The molecular weight excluding hydrogens is 510 g/mol. The van der Waals surface area contributed by atoms with Crippen LogP contribution in [0.15, 0.2) is 53.0 Å². The Bertz CT molecular complexity index is 1060. The summed E-state index contributed by atoms with van der Waals surface area (Å²) in [4.78, 5) is 27.5. The summed E-state index contributed by atoms with van der Waals surface area (Å²) in [6.07, 6.45) is 1.04. The Labute approximate surface area is 204 Å². The van der Waals surface area contributed by atoms with Gasteiger partial charge in [-0.3, -0.25) is 13.9 Å². The third-order valence-corrected chi connectivity index (χ3v) is 6.57. The zero-order valence-electron chi connectivity index (χ0n) is 19.4. The van der Waals surface area contributed by atoms with E-state index in [2.05, 4.69) is 21.2 Å². The second-order valence-electron chi connectivity index (χ2n) is 7.96. The molecule has 0 spiro atoms. The molecule has 2 aromatic carbocycles. The molecule has 0 heterocycles. The van der Waals surface area contributed by atoms with Crippen LogP contribution in [-0.4, -0.2) is 57.1 Å². The summed E-state index contributed by atoms with van der Waals surface area (Å²) in [7, 11) is -2.26. The number of ether oxygens (including phenoxy) is 1. The summed E-state index contributed by atoms with van der Waals surface area (Å²) >= 11 is 3.38. The predicted molar refractivity (Wildman–Crippen MR) is 133 cm³/mol. The molecule has 2 amide bonds. The molecule has 1 atom stereocenters. The molecule has 180 valence electrons. The highest BCUT2D eigenvalue weighted by Crippen LogP contribution is 2.22. The van der Waals surface area contributed by atoms with Crippen LogP contribution in [0.2, 0.25) is 0 Å². The van der Waals surface area contributed by atoms with Crippen molar-refractivity contribution in [1.29, 1.82) is 0 Å². The van der Waals surface area contributed by atoms with Gasteiger partial charge in [0.15, 0.2) is 0 Å². The number of halogens is 1. The lowest BCUT2D eigenvalue weighted by molar-refractivity contribution is -0.139. The van der Waals surface area contributed by atoms with Crippen LogP contribution >= 0.6 is 15.9 Å². The van der Waals surface area contributed by atoms with Crippen molar-refractivity contribution in [3.05, 3.63) is 58.6 Å². The molecule has 2 aromatic rings. The van der Waals surface area contributed by atoms with Gasteiger partial charge in [0.2, 0.25) is 21.8 Å². The van der Waals surface area contributed by atoms with Crippen LogP contribution < -0.4 is 14.4 Å². The molecular formula is C23H30BrN3O5S. The number of nitrogens with zero attached hydrogens (tertiary/aromatic N) is 2. The van der Waals surface area contributed by atoms with Gasteiger partial charge in [0, 0.05) is 17.1 Å². The Morgan fingerprint density at radius 1 is 1.03 bits per heavy atom. The van der Waals surface area contributed by atoms with Gasteiger partial charge in [-0.2, -0.15) is 0 Å². The lowest BCUT2D eigenvalue weighted by Crippen LogP contribution is -2.52. The van der Waals surface area contributed by atoms with E-state index in [1.807, 2.05) is 38.1 Å². The fourth-order valence-corrected chi connectivity index (χ4v) is 4.25. The molecule has 1 N–H and O–H groups in total. The number of rotatable bonds is 10. The molecule has 8 nitrogen and oxygen atoms in total. The first kappa shape index (κ1) is 26.7. The van der Waals surface area contributed by atoms with E-state index in [0.29, 0.717) is 11.4 Å². The van der Waals surface area contributed by atoms with Gasteiger partial charge in [0.1, 0.15) is 18.3 Å². The van der Waals surface area contributed by atoms with Gasteiger partial charge >= 0.3 is 0 Å². The van der Waals surface area contributed by atoms with Gasteiger partial charge in [0.05, 0.1) is 19.1 Å². The lowest BCUT2D eigenvalue weighted by Gasteiger charge is -2.32. The van der Waals surface area contributed by atoms with Crippen molar-refractivity contribution in [2.75, 3.05) is 24.2 Å². The topological polar surface area (TPSA) is 96.0 Å². The van der Waals surface area contributed by atoms with Gasteiger partial charge in [-0.1, -0.05) is 28.1 Å². The van der Waals surface area contributed by atoms with Crippen molar-refractivity contribution in [3.63, 3.8) is 0 Å². The number of carbonyl (C=O) groups excluding carboxylic acids is 2. The van der Waals surface area contributed by atoms with Crippen LogP contribution in [0, 0.1) is 0 Å². The number of amides is 2. The molecule has 33 heavy (non-hydrogen) atoms. The Morgan fingerprint density at radius 2 is 1.61 bits per heavy atom. The average molecular weight is 540 g/mol. The normalized spacial score (nSPS) is 12.2. The largest absolute Gasteiger partial charge is 0.497 e. The minimum atomic E-state index is -3.77. The first-order valence-electron chi connectivity index (χ1n) is 10.4. The number of carbonyl (C=O) groups is 2. The fourth-order valence-electron chi connectivity index (χ4n) is 3.14. The van der Waals surface area contributed by atoms with Gasteiger partial charge in [-0.15, -0.1) is 0 Å². The standard InChI is InChI=1S/C23H30BrN3O5S/c1-16(2)25-23(29)17(3)26(14-18-6-8-19(24)9-7-18)22(28)15-27(33(5,30)31)20-10-12-21(32-4)13-11-20/h6-13,16-17H,14-15H2,1-5H3,(H,25,29). The molecule has 0 saturated carbocycles. The van der Waals surface area contributed by atoms with Gasteiger partial charge < -0.3 is 15.0 Å². The second kappa shape index (κ2) is 11.5. The van der Waals surface area contributed by atoms with E-state index in [0.717, 1.165) is 20.6 Å². The number of methoxy groups -OCH3 is 1. The van der Waals surface area contributed by atoms with Gasteiger partial charge in [-0.25, -0.2) is 8.42 Å². The summed E-state index contributed by atoms with van der Waals surface area (Å²) in [6, 6.07) is 12.9. The third kappa shape index (κ3) is 7.75. The SMILES string of the molecule is COc1ccc(N(CC(=O)N(Cc2ccc(Br)cc2)C(C)C(=O)NC(C)C)S(C)(=O)=O)cc1. The van der Waals surface area contributed by atoms with Crippen molar-refractivity contribution in [1.82, 2.24) is 10.2 Å². The van der Waals surface area contributed by atoms with E-state index >= 15 is 0 Å². The van der Waals surface area contributed by atoms with Crippen LogP contribution in [0.3, 0.4) is 0 Å². The molecule has 0 aromatic heterocycles. The molecule has 1 unspecified atom stereocenters. The van der Waals surface area contributed by atoms with Gasteiger partial charge in [0.25, 0.3) is 0 Å². The van der Waals surface area contributed by atoms with Crippen LogP contribution in [0.25, 0.3) is 0 Å². The molecule has 0 aliphatic heterocycles. The van der Waals surface area contributed by atoms with Crippen molar-refractivity contribution < 1.29 is 22.7 Å². The number of hydrogen-bond donors (Lipinski definition) is 1. The predicted octanol–water partition coefficient (Wildman–Crippen LogP) is 3.17. The first-order chi connectivity index (χ1) is 15.4. The molecule has 0 fully saturated rings. The maximum Gasteiger partial charge on any atom is 0.244 e. The van der Waals surface area contributed by atoms with E-state index in [4.69, 9.17) is 4.74 Å². The van der Waals surface area contributed by atoms with E-state index < -0.39 is 28.5 Å². The van der Waals surface area contributed by atoms with E-state index in [9.17, 15) is 18.0 Å². The monoisotopic (exact) mass is 539 g/mol. The second-order valence-corrected chi connectivity index (χ2v) is 10.8. The molecule has 0 bridgehead atoms. The number of nitrogens with one attached hydrogen (secondary N) is 1. The molecule has 0 radical (unpaired) electrons. The summed E-state index contributed by atoms with van der Waals surface area (Å²) in [6.45, 7) is 5.01. The number of benzene rings is 2. The Hall–Kier alpha value is -2.59. The molecule has 0 aliphatic carbocycles. The number of anilines is 1. The fraction of sp³-hybridized carbons (Fsp3) is 0.391. The Kier molecular flexibility index (Phi) is 9.30. The van der Waals surface area contributed by atoms with Crippen molar-refractivity contribution in [2.45, 2.75) is 39.4 Å². The van der Waals surface area contributed by atoms with Crippen LogP contribution in [0.1, 0.15) is 26.3 Å². The summed E-state index contributed by atoms with van der Waals surface area (Å²) in [5.41, 5.74) is 1.14. The van der Waals surface area contributed by atoms with Crippen molar-refractivity contribution in [3.8, 4) is 5.75 Å². The highest BCUT2D eigenvalue weighted by Gasteiger charge is 2.30. The van der Waals surface area contributed by atoms with E-state index in [1.165, 1.54) is 12.0 Å². The minimum Gasteiger partial charge on any atom is -0.497 e. The maximum absolute atomic E-state index is 13.4. The summed E-state index contributed by atoms with van der Waals surface area (Å²) < 4.78 is 32.1. The summed E-state index contributed by atoms with van der Waals surface area (Å²) in [5, 5.41) is 2.81. The lowest BCUT2D eigenvalue weighted by atomic mass is 10.1. The summed E-state index contributed by atoms with van der Waals surface area (Å²) in [5.74, 6) is -0.245. The number of hydrogen-bond acceptors (Lipinski definition) is 5. The van der Waals surface area contributed by atoms with Crippen molar-refractivity contribution in [2.24, 2.45) is 0 Å². The van der Waals surface area contributed by atoms with E-state index in [1.54, 1.807) is 31.2 Å². The smallest absolute Gasteiger partial charge is 0.244 e. The van der Waals surface area contributed by atoms with Crippen LogP contribution in [0.4, 0.5) is 5.69 Å². The van der Waals surface area contributed by atoms with Crippen molar-refractivity contribution >= 4 is 43.5 Å². The highest BCUT2D eigenvalue weighted by atomic mass is 79.9. The van der Waals surface area contributed by atoms with E-state index in [-0.39, 0.29) is 18.5 Å². The molecule has 0 aliphatic rings. The third-order valence-electron chi connectivity index (χ3n) is 4.90. The molecule has 10 heteroatoms. The maximum atomic E-state index is 13.4. The highest BCUT2D eigenvalue weighted by molar-refractivity contribution is 9.10. The zero-order valence-corrected chi connectivity index (χ0v) is 21.8. The molecule has 2 rings (SSSR count). The number of sulfonamides is 1. The van der Waals surface area contributed by atoms with Crippen LogP contribution in [0.5, 0.6) is 5.75 Å². The Balaban J connectivity index is 2.36. The average Bonchev–Trinajstić information content (AvgIpc) is 2.75. The van der Waals surface area contributed by atoms with Crippen LogP contribution in [-0.2, 0) is 26.2 Å².